The number of aryl methyl sites for hydroxylation is 1. The maximum absolute atomic E-state index is 13.9. The molecule has 1 aliphatic heterocycles. The second kappa shape index (κ2) is 8.33. The zero-order valence-electron chi connectivity index (χ0n) is 16.0. The lowest BCUT2D eigenvalue weighted by Crippen LogP contribution is -2.40. The molecule has 0 saturated carbocycles. The van der Waals surface area contributed by atoms with Crippen LogP contribution in [0.2, 0.25) is 0 Å². The Bertz CT molecular complexity index is 1090. The molecule has 3 heterocycles. The summed E-state index contributed by atoms with van der Waals surface area (Å²) in [5.41, 5.74) is 0.291. The minimum Gasteiger partial charge on any atom is -0.339 e. The molecular weight excluding hydrogens is 413 g/mol. The van der Waals surface area contributed by atoms with Gasteiger partial charge in [0.25, 0.3) is 10.0 Å². The molecule has 29 heavy (non-hydrogen) atoms. The monoisotopic (exact) mass is 435 g/mol. The van der Waals surface area contributed by atoms with Crippen molar-refractivity contribution >= 4 is 21.4 Å². The first-order valence-electron chi connectivity index (χ1n) is 9.63. The standard InChI is InChI=1S/C20H22FN3O3S2/c1-2-15-9-10-19(28-15)29(25,26)24-11-5-6-14(13-24)12-18-22-20(23-27-18)16-7-3-4-8-17(16)21/h3-4,7-10,14H,2,5-6,11-13H2,1H3. The number of aromatic nitrogens is 2. The van der Waals surface area contributed by atoms with Crippen LogP contribution in [0.4, 0.5) is 4.39 Å². The van der Waals surface area contributed by atoms with Crippen molar-refractivity contribution in [2.24, 2.45) is 5.92 Å². The van der Waals surface area contributed by atoms with E-state index < -0.39 is 15.8 Å². The highest BCUT2D eigenvalue weighted by Crippen LogP contribution is 2.30. The van der Waals surface area contributed by atoms with E-state index in [-0.39, 0.29) is 11.7 Å². The number of rotatable bonds is 6. The van der Waals surface area contributed by atoms with Crippen molar-refractivity contribution in [3.05, 3.63) is 53.0 Å². The van der Waals surface area contributed by atoms with Crippen molar-refractivity contribution < 1.29 is 17.3 Å². The fourth-order valence-electron chi connectivity index (χ4n) is 3.56. The van der Waals surface area contributed by atoms with Gasteiger partial charge in [-0.3, -0.25) is 0 Å². The molecule has 4 rings (SSSR count). The predicted molar refractivity (Wildman–Crippen MR) is 109 cm³/mol. The van der Waals surface area contributed by atoms with Crippen molar-refractivity contribution in [1.29, 1.82) is 0 Å². The quantitative estimate of drug-likeness (QED) is 0.582. The van der Waals surface area contributed by atoms with Crippen LogP contribution in [0.1, 0.15) is 30.5 Å². The summed E-state index contributed by atoms with van der Waals surface area (Å²) in [6, 6.07) is 9.85. The third kappa shape index (κ3) is 4.26. The van der Waals surface area contributed by atoms with Gasteiger partial charge in [0.1, 0.15) is 10.0 Å². The molecule has 1 saturated heterocycles. The summed E-state index contributed by atoms with van der Waals surface area (Å²) in [6.07, 6.45) is 2.96. The van der Waals surface area contributed by atoms with Crippen LogP contribution in [0, 0.1) is 11.7 Å². The summed E-state index contributed by atoms with van der Waals surface area (Å²) in [7, 11) is -3.48. The predicted octanol–water partition coefficient (Wildman–Crippen LogP) is 4.14. The zero-order chi connectivity index (χ0) is 20.4. The van der Waals surface area contributed by atoms with Crippen LogP contribution in [0.5, 0.6) is 0 Å². The molecule has 2 aromatic heterocycles. The Morgan fingerprint density at radius 1 is 1.28 bits per heavy atom. The van der Waals surface area contributed by atoms with Gasteiger partial charge in [-0.15, -0.1) is 11.3 Å². The normalized spacial score (nSPS) is 18.2. The number of sulfonamides is 1. The highest BCUT2D eigenvalue weighted by Gasteiger charge is 2.32. The van der Waals surface area contributed by atoms with E-state index in [0.29, 0.717) is 35.2 Å². The fourth-order valence-corrected chi connectivity index (χ4v) is 6.57. The van der Waals surface area contributed by atoms with Gasteiger partial charge in [0.05, 0.1) is 5.56 Å². The molecule has 0 spiro atoms. The van der Waals surface area contributed by atoms with E-state index in [1.807, 2.05) is 13.0 Å². The molecular formula is C20H22FN3O3S2. The summed E-state index contributed by atoms with van der Waals surface area (Å²) in [5.74, 6) is 0.288. The van der Waals surface area contributed by atoms with Gasteiger partial charge in [0, 0.05) is 24.4 Å². The molecule has 1 fully saturated rings. The second-order valence-electron chi connectivity index (χ2n) is 7.14. The molecule has 0 amide bonds. The van der Waals surface area contributed by atoms with Gasteiger partial charge in [0.15, 0.2) is 0 Å². The van der Waals surface area contributed by atoms with Crippen LogP contribution in [0.25, 0.3) is 11.4 Å². The van der Waals surface area contributed by atoms with Gasteiger partial charge in [-0.05, 0) is 49.4 Å². The molecule has 0 radical (unpaired) electrons. The lowest BCUT2D eigenvalue weighted by Gasteiger charge is -2.30. The Hall–Kier alpha value is -2.10. The van der Waals surface area contributed by atoms with Gasteiger partial charge in [-0.25, -0.2) is 12.8 Å². The van der Waals surface area contributed by atoms with E-state index in [1.54, 1.807) is 28.6 Å². The van der Waals surface area contributed by atoms with E-state index in [4.69, 9.17) is 4.52 Å². The molecule has 1 aliphatic rings. The number of thiophene rings is 1. The summed E-state index contributed by atoms with van der Waals surface area (Å²) in [4.78, 5) is 5.37. The number of hydrogen-bond donors (Lipinski definition) is 0. The average molecular weight is 436 g/mol. The van der Waals surface area contributed by atoms with Crippen molar-refractivity contribution in [2.75, 3.05) is 13.1 Å². The molecule has 0 N–H and O–H groups in total. The molecule has 0 bridgehead atoms. The number of hydrogen-bond acceptors (Lipinski definition) is 6. The summed E-state index contributed by atoms with van der Waals surface area (Å²) < 4.78 is 47.1. The first-order chi connectivity index (χ1) is 14.0. The topological polar surface area (TPSA) is 76.3 Å². The van der Waals surface area contributed by atoms with Crippen molar-refractivity contribution in [3.63, 3.8) is 0 Å². The van der Waals surface area contributed by atoms with Gasteiger partial charge in [0.2, 0.25) is 11.7 Å². The van der Waals surface area contributed by atoms with E-state index >= 15 is 0 Å². The Kier molecular flexibility index (Phi) is 5.80. The summed E-state index contributed by atoms with van der Waals surface area (Å²) in [6.45, 7) is 2.95. The van der Waals surface area contributed by atoms with Crippen molar-refractivity contribution in [1.82, 2.24) is 14.4 Å². The number of benzene rings is 1. The molecule has 9 heteroatoms. The smallest absolute Gasteiger partial charge is 0.252 e. The van der Waals surface area contributed by atoms with Gasteiger partial charge in [-0.1, -0.05) is 24.2 Å². The zero-order valence-corrected chi connectivity index (χ0v) is 17.7. The third-order valence-electron chi connectivity index (χ3n) is 5.11. The minimum atomic E-state index is -3.48. The Labute approximate surface area is 173 Å². The number of nitrogens with zero attached hydrogens (tertiary/aromatic N) is 3. The molecule has 0 aliphatic carbocycles. The summed E-state index contributed by atoms with van der Waals surface area (Å²) >= 11 is 1.33. The number of piperidine rings is 1. The molecule has 154 valence electrons. The SMILES string of the molecule is CCc1ccc(S(=O)(=O)N2CCCC(Cc3nc(-c4ccccc4F)no3)C2)s1. The largest absolute Gasteiger partial charge is 0.339 e. The van der Waals surface area contributed by atoms with Crippen LogP contribution < -0.4 is 0 Å². The maximum atomic E-state index is 13.9. The molecule has 1 atom stereocenters. The lowest BCUT2D eigenvalue weighted by molar-refractivity contribution is 0.247. The van der Waals surface area contributed by atoms with Gasteiger partial charge >= 0.3 is 0 Å². The van der Waals surface area contributed by atoms with Gasteiger partial charge in [-0.2, -0.15) is 9.29 Å². The Morgan fingerprint density at radius 2 is 2.10 bits per heavy atom. The Balaban J connectivity index is 1.46. The highest BCUT2D eigenvalue weighted by molar-refractivity contribution is 7.91. The first kappa shape index (κ1) is 20.2. The third-order valence-corrected chi connectivity index (χ3v) is 8.67. The van der Waals surface area contributed by atoms with Crippen LogP contribution in [-0.2, 0) is 22.9 Å². The van der Waals surface area contributed by atoms with Crippen LogP contribution in [0.3, 0.4) is 0 Å². The molecule has 1 aromatic carbocycles. The van der Waals surface area contributed by atoms with Crippen molar-refractivity contribution in [3.8, 4) is 11.4 Å². The Morgan fingerprint density at radius 3 is 2.86 bits per heavy atom. The van der Waals surface area contributed by atoms with Crippen LogP contribution in [-0.4, -0.2) is 36.0 Å². The van der Waals surface area contributed by atoms with Crippen molar-refractivity contribution in [2.45, 2.75) is 36.8 Å². The van der Waals surface area contributed by atoms with Crippen LogP contribution >= 0.6 is 11.3 Å². The first-order valence-corrected chi connectivity index (χ1v) is 11.9. The van der Waals surface area contributed by atoms with Crippen LogP contribution in [0.15, 0.2) is 45.1 Å². The lowest BCUT2D eigenvalue weighted by atomic mass is 9.96. The van der Waals surface area contributed by atoms with E-state index in [1.165, 1.54) is 17.4 Å². The maximum Gasteiger partial charge on any atom is 0.252 e. The van der Waals surface area contributed by atoms with E-state index in [9.17, 15) is 12.8 Å². The average Bonchev–Trinajstić information content (AvgIpc) is 3.38. The minimum absolute atomic E-state index is 0.0815. The van der Waals surface area contributed by atoms with E-state index in [2.05, 4.69) is 10.1 Å². The highest BCUT2D eigenvalue weighted by atomic mass is 32.2. The summed E-state index contributed by atoms with van der Waals surface area (Å²) in [5, 5.41) is 3.88. The fraction of sp³-hybridized carbons (Fsp3) is 0.400. The molecule has 3 aromatic rings. The molecule has 6 nitrogen and oxygen atoms in total. The van der Waals surface area contributed by atoms with E-state index in [0.717, 1.165) is 24.1 Å². The second-order valence-corrected chi connectivity index (χ2v) is 10.5. The molecule has 1 unspecified atom stereocenters. The van der Waals surface area contributed by atoms with Gasteiger partial charge < -0.3 is 4.52 Å². The number of halogens is 1.